The summed E-state index contributed by atoms with van der Waals surface area (Å²) in [6.07, 6.45) is 10.6. The number of benzene rings is 1. The molecule has 1 unspecified atom stereocenters. The molecule has 0 bridgehead atoms. The summed E-state index contributed by atoms with van der Waals surface area (Å²) >= 11 is 0. The van der Waals surface area contributed by atoms with Gasteiger partial charge in [0.25, 0.3) is 0 Å². The third-order valence-electron chi connectivity index (χ3n) is 4.37. The molecule has 0 saturated heterocycles. The largest absolute Gasteiger partial charge is 0.493 e. The van der Waals surface area contributed by atoms with E-state index in [0.717, 1.165) is 5.56 Å². The minimum absolute atomic E-state index is 0.0187. The molecule has 6 nitrogen and oxygen atoms in total. The molecule has 29 heavy (non-hydrogen) atoms. The lowest BCUT2D eigenvalue weighted by Crippen LogP contribution is -2.07. The number of ketones is 2. The molecule has 1 aliphatic carbocycles. The van der Waals surface area contributed by atoms with Crippen molar-refractivity contribution in [3.63, 3.8) is 0 Å². The quantitative estimate of drug-likeness (QED) is 0.440. The van der Waals surface area contributed by atoms with Crippen molar-refractivity contribution in [2.45, 2.75) is 12.8 Å². The van der Waals surface area contributed by atoms with Crippen molar-refractivity contribution in [2.24, 2.45) is 5.92 Å². The number of methoxy groups -OCH3 is 4. The van der Waals surface area contributed by atoms with E-state index in [0.29, 0.717) is 29.4 Å². The molecule has 1 aromatic rings. The van der Waals surface area contributed by atoms with Crippen LogP contribution in [0.4, 0.5) is 0 Å². The fourth-order valence-electron chi connectivity index (χ4n) is 2.84. The Labute approximate surface area is 171 Å². The first-order valence-corrected chi connectivity index (χ1v) is 9.15. The Hall–Kier alpha value is -3.28. The Morgan fingerprint density at radius 3 is 2.28 bits per heavy atom. The Kier molecular flexibility index (Phi) is 8.27. The molecule has 6 heteroatoms. The van der Waals surface area contributed by atoms with Crippen molar-refractivity contribution in [1.29, 1.82) is 0 Å². The van der Waals surface area contributed by atoms with E-state index in [1.807, 2.05) is 12.2 Å². The van der Waals surface area contributed by atoms with Gasteiger partial charge in [-0.15, -0.1) is 0 Å². The highest BCUT2D eigenvalue weighted by Crippen LogP contribution is 2.28. The van der Waals surface area contributed by atoms with Crippen LogP contribution in [-0.2, 0) is 19.1 Å². The molecule has 0 aliphatic heterocycles. The summed E-state index contributed by atoms with van der Waals surface area (Å²) in [4.78, 5) is 24.2. The summed E-state index contributed by atoms with van der Waals surface area (Å²) in [5.74, 6) is 1.99. The Morgan fingerprint density at radius 1 is 0.931 bits per heavy atom. The van der Waals surface area contributed by atoms with Crippen LogP contribution in [0.1, 0.15) is 18.4 Å². The third-order valence-corrected chi connectivity index (χ3v) is 4.37. The molecular weight excluding hydrogens is 372 g/mol. The Balaban J connectivity index is 1.92. The van der Waals surface area contributed by atoms with Gasteiger partial charge in [0.05, 0.1) is 34.9 Å². The van der Waals surface area contributed by atoms with Crippen LogP contribution in [0, 0.1) is 5.92 Å². The van der Waals surface area contributed by atoms with Gasteiger partial charge in [0.2, 0.25) is 0 Å². The molecule has 0 N–H and O–H groups in total. The third kappa shape index (κ3) is 6.38. The van der Waals surface area contributed by atoms with Crippen LogP contribution in [0.15, 0.2) is 60.1 Å². The highest BCUT2D eigenvalue weighted by molar-refractivity contribution is 6.09. The number of hydrogen-bond donors (Lipinski definition) is 0. The Bertz CT molecular complexity index is 860. The van der Waals surface area contributed by atoms with E-state index in [1.165, 1.54) is 12.2 Å². The fraction of sp³-hybridized carbons (Fsp3) is 0.304. The van der Waals surface area contributed by atoms with Gasteiger partial charge in [-0.25, -0.2) is 0 Å². The molecule has 0 heterocycles. The molecule has 1 aliphatic rings. The molecule has 0 aromatic heterocycles. The van der Waals surface area contributed by atoms with E-state index in [2.05, 4.69) is 0 Å². The zero-order valence-electron chi connectivity index (χ0n) is 17.1. The zero-order chi connectivity index (χ0) is 21.2. The van der Waals surface area contributed by atoms with Crippen LogP contribution in [-0.4, -0.2) is 40.0 Å². The maximum absolute atomic E-state index is 12.1. The fourth-order valence-corrected chi connectivity index (χ4v) is 2.84. The molecule has 0 radical (unpaired) electrons. The number of hydrogen-bond acceptors (Lipinski definition) is 6. The van der Waals surface area contributed by atoms with Gasteiger partial charge in [-0.2, -0.15) is 0 Å². The number of carbonyl (C=O) groups excluding carboxylic acids is 2. The van der Waals surface area contributed by atoms with E-state index in [9.17, 15) is 9.59 Å². The van der Waals surface area contributed by atoms with Gasteiger partial charge in [-0.3, -0.25) is 9.59 Å². The van der Waals surface area contributed by atoms with Crippen molar-refractivity contribution >= 4 is 17.6 Å². The standard InChI is InChI=1S/C23H26O6/c1-26-20-11-7-16(13-22(20)28-3)5-9-18(24)15-19(25)10-6-17-8-12-21(27-2)23(14-17)29-4/h5-7,9-14,17H,8,15H2,1-4H3/b9-5+,10-6+. The second-order valence-corrected chi connectivity index (χ2v) is 6.32. The van der Waals surface area contributed by atoms with E-state index < -0.39 is 0 Å². The SMILES string of the molecule is COC1=CCC(/C=C/C(=O)CC(=O)/C=C/c2ccc(OC)c(OC)c2)C=C1OC. The summed E-state index contributed by atoms with van der Waals surface area (Å²) in [5.41, 5.74) is 0.777. The predicted molar refractivity (Wildman–Crippen MR) is 111 cm³/mol. The van der Waals surface area contributed by atoms with Gasteiger partial charge in [-0.1, -0.05) is 18.2 Å². The summed E-state index contributed by atoms with van der Waals surface area (Å²) in [6.45, 7) is 0. The number of carbonyl (C=O) groups is 2. The predicted octanol–water partition coefficient (Wildman–Crippen LogP) is 3.88. The van der Waals surface area contributed by atoms with Gasteiger partial charge in [0, 0.05) is 5.92 Å². The zero-order valence-corrected chi connectivity index (χ0v) is 17.1. The first-order valence-electron chi connectivity index (χ1n) is 9.15. The van der Waals surface area contributed by atoms with Gasteiger partial charge < -0.3 is 18.9 Å². The molecule has 0 saturated carbocycles. The molecule has 0 fully saturated rings. The lowest BCUT2D eigenvalue weighted by atomic mass is 9.97. The highest BCUT2D eigenvalue weighted by atomic mass is 16.5. The maximum Gasteiger partial charge on any atom is 0.163 e. The Morgan fingerprint density at radius 2 is 1.62 bits per heavy atom. The molecule has 154 valence electrons. The average Bonchev–Trinajstić information content (AvgIpc) is 2.75. The number of ether oxygens (including phenoxy) is 4. The molecule has 2 rings (SSSR count). The van der Waals surface area contributed by atoms with Crippen LogP contribution < -0.4 is 9.47 Å². The van der Waals surface area contributed by atoms with Gasteiger partial charge in [0.15, 0.2) is 34.6 Å². The lowest BCUT2D eigenvalue weighted by Gasteiger charge is -2.17. The lowest BCUT2D eigenvalue weighted by molar-refractivity contribution is -0.121. The highest BCUT2D eigenvalue weighted by Gasteiger charge is 2.15. The maximum atomic E-state index is 12.1. The summed E-state index contributed by atoms with van der Waals surface area (Å²) in [6, 6.07) is 5.32. The first-order chi connectivity index (χ1) is 14.0. The summed E-state index contributed by atoms with van der Waals surface area (Å²) in [7, 11) is 6.26. The summed E-state index contributed by atoms with van der Waals surface area (Å²) in [5, 5.41) is 0. The first kappa shape index (κ1) is 22.0. The normalized spacial score (nSPS) is 16.3. The molecule has 0 amide bonds. The van der Waals surface area contributed by atoms with Crippen molar-refractivity contribution in [2.75, 3.05) is 28.4 Å². The van der Waals surface area contributed by atoms with Crippen molar-refractivity contribution in [3.8, 4) is 11.5 Å². The van der Waals surface area contributed by atoms with Crippen molar-refractivity contribution in [1.82, 2.24) is 0 Å². The molecule has 1 aromatic carbocycles. The van der Waals surface area contributed by atoms with E-state index >= 15 is 0 Å². The van der Waals surface area contributed by atoms with Gasteiger partial charge >= 0.3 is 0 Å². The minimum atomic E-state index is -0.271. The van der Waals surface area contributed by atoms with E-state index in [-0.39, 0.29) is 23.9 Å². The molecule has 0 spiro atoms. The van der Waals surface area contributed by atoms with E-state index in [4.69, 9.17) is 18.9 Å². The van der Waals surface area contributed by atoms with Crippen LogP contribution in [0.3, 0.4) is 0 Å². The molecule has 1 atom stereocenters. The smallest absolute Gasteiger partial charge is 0.163 e. The monoisotopic (exact) mass is 398 g/mol. The summed E-state index contributed by atoms with van der Waals surface area (Å²) < 4.78 is 20.9. The van der Waals surface area contributed by atoms with Crippen molar-refractivity contribution < 1.29 is 28.5 Å². The number of rotatable bonds is 10. The van der Waals surface area contributed by atoms with Gasteiger partial charge in [-0.05, 0) is 48.4 Å². The van der Waals surface area contributed by atoms with Crippen LogP contribution in [0.5, 0.6) is 11.5 Å². The van der Waals surface area contributed by atoms with E-state index in [1.54, 1.807) is 58.8 Å². The van der Waals surface area contributed by atoms with Crippen LogP contribution in [0.25, 0.3) is 6.08 Å². The second-order valence-electron chi connectivity index (χ2n) is 6.32. The minimum Gasteiger partial charge on any atom is -0.493 e. The molecular formula is C23H26O6. The second kappa shape index (κ2) is 10.9. The van der Waals surface area contributed by atoms with Crippen molar-refractivity contribution in [3.05, 3.63) is 65.7 Å². The van der Waals surface area contributed by atoms with Gasteiger partial charge in [0.1, 0.15) is 0 Å². The number of allylic oxidation sites excluding steroid dienone is 5. The van der Waals surface area contributed by atoms with Crippen LogP contribution in [0.2, 0.25) is 0 Å². The van der Waals surface area contributed by atoms with Crippen LogP contribution >= 0.6 is 0 Å². The topological polar surface area (TPSA) is 71.1 Å². The average molecular weight is 398 g/mol.